The number of hydrogen-bond acceptors (Lipinski definition) is 20. The van der Waals surface area contributed by atoms with Gasteiger partial charge in [-0.15, -0.1) is 160 Å². The molecule has 0 radical (unpaired) electrons. The van der Waals surface area contributed by atoms with Crippen LogP contribution >= 0.6 is 401 Å². The minimum atomic E-state index is 0.0945. The van der Waals surface area contributed by atoms with Crippen molar-refractivity contribution in [2.75, 3.05) is 0 Å². The molecule has 0 fully saturated rings. The first-order valence-corrected chi connectivity index (χ1v) is 50.3. The van der Waals surface area contributed by atoms with Crippen molar-refractivity contribution in [3.63, 3.8) is 0 Å². The minimum absolute atomic E-state index is 0.0945. The van der Waals surface area contributed by atoms with Gasteiger partial charge in [0.15, 0.2) is 5.58 Å². The van der Waals surface area contributed by atoms with Crippen molar-refractivity contribution in [2.45, 2.75) is 74.0 Å². The van der Waals surface area contributed by atoms with Gasteiger partial charge in [0.25, 0.3) is 0 Å². The van der Waals surface area contributed by atoms with Crippen molar-refractivity contribution >= 4 is 478 Å². The van der Waals surface area contributed by atoms with Crippen LogP contribution < -0.4 is 0 Å². The summed E-state index contributed by atoms with van der Waals surface area (Å²) in [7, 11) is 0. The standard InChI is InChI=1S/C20H10Br4O2S4.C20H10I4S6.C18H8Br4N2S6/c2*1-5-3-7-13(25-5)9(21)15(27-7)17-11(23)19-20(29-17)12(24)18(30-19)16-10(22)14-8(28-16)4-6(2)26-14;1-3-23-17-15(25-3)7(21)13(29-17)11-5(19)9-10(27-11)6(20)12(28-9)14-8(22)16-18(30-14)24-4(2)26-16/h2*3-4,7,13H,1-2H3;15,17H,1-2H3. The summed E-state index contributed by atoms with van der Waals surface area (Å²) in [6, 6.07) is 4.44. The zero-order chi connectivity index (χ0) is 62.7. The Morgan fingerprint density at radius 3 is 1.61 bits per heavy atom. The van der Waals surface area contributed by atoms with E-state index in [1.54, 1.807) is 37.6 Å². The lowest BCUT2D eigenvalue weighted by molar-refractivity contribution is 0.188. The quantitative estimate of drug-likeness (QED) is 0.153. The summed E-state index contributed by atoms with van der Waals surface area (Å²) >= 11 is 71.6. The minimum Gasteiger partial charge on any atom is -0.489 e. The van der Waals surface area contributed by atoms with E-state index >= 15 is 0 Å². The van der Waals surface area contributed by atoms with Gasteiger partial charge in [-0.25, -0.2) is 4.98 Å². The number of rotatable bonds is 6. The number of aryl methyl sites for hydroxylation is 3. The monoisotopic (exact) mass is 2430 g/mol. The zero-order valence-electron chi connectivity index (χ0n) is 45.6. The molecule has 6 unspecified atom stereocenters. The van der Waals surface area contributed by atoms with E-state index in [2.05, 4.69) is 287 Å². The highest BCUT2D eigenvalue weighted by Gasteiger charge is 2.44. The molecule has 6 atom stereocenters. The molecule has 0 spiro atoms. The molecule has 12 aromatic heterocycles. The van der Waals surface area contributed by atoms with E-state index in [0.717, 1.165) is 49.3 Å². The molecule has 90 heavy (non-hydrogen) atoms. The van der Waals surface area contributed by atoms with E-state index in [4.69, 9.17) is 14.1 Å². The SMILES string of the molecule is CC1=CC2SC(c3sc4c(Br)c(-c5sc6cc(C)oc6c5Br)sc4c3Br)=C(Br)C2O1.CC1=CC2SC(c3sc4c(I)c(-c5sc6cc(C)sc6c5I)sc4c3I)=C(I)C2S1.CC1=NC2SC(c3sc4c(Br)c(-c5sc6nc(C)sc6c5Br)sc4c3Br)=C(Br)C2S1. The molecule has 0 saturated carbocycles. The topological polar surface area (TPSA) is 47.6 Å². The maximum Gasteiger partial charge on any atom is 0.159 e. The number of thioether (sulfide) groups is 5. The molecule has 32 heteroatoms. The van der Waals surface area contributed by atoms with E-state index in [0.29, 0.717) is 21.0 Å². The van der Waals surface area contributed by atoms with Gasteiger partial charge < -0.3 is 9.15 Å². The number of allylic oxidation sites excluding steroid dienone is 2. The Morgan fingerprint density at radius 2 is 0.989 bits per heavy atom. The van der Waals surface area contributed by atoms with Gasteiger partial charge in [0.2, 0.25) is 0 Å². The first-order chi connectivity index (χ1) is 43.0. The van der Waals surface area contributed by atoms with Gasteiger partial charge >= 0.3 is 0 Å². The van der Waals surface area contributed by atoms with Gasteiger partial charge in [-0.05, 0) is 251 Å². The van der Waals surface area contributed by atoms with Crippen LogP contribution in [0.3, 0.4) is 0 Å². The number of halogens is 12. The number of ether oxygens (including phenoxy) is 1. The van der Waals surface area contributed by atoms with Crippen LogP contribution in [0.25, 0.3) is 101 Å². The predicted octanol–water partition coefficient (Wildman–Crippen LogP) is 32.3. The lowest BCUT2D eigenvalue weighted by Crippen LogP contribution is -2.13. The molecule has 18 rings (SSSR count). The molecule has 0 saturated heterocycles. The predicted molar refractivity (Wildman–Crippen MR) is 481 cm³/mol. The fourth-order valence-corrected chi connectivity index (χ4v) is 47.3. The maximum atomic E-state index is 5.99. The summed E-state index contributed by atoms with van der Waals surface area (Å²) in [4.78, 5) is 29.5. The smallest absolute Gasteiger partial charge is 0.159 e. The van der Waals surface area contributed by atoms with E-state index in [9.17, 15) is 0 Å². The van der Waals surface area contributed by atoms with E-state index in [1.165, 1.54) is 145 Å². The number of hydrogen-bond donors (Lipinski definition) is 0. The Labute approximate surface area is 702 Å². The van der Waals surface area contributed by atoms with Crippen LogP contribution in [0.5, 0.6) is 0 Å². The lowest BCUT2D eigenvalue weighted by atomic mass is 10.2. The van der Waals surface area contributed by atoms with Gasteiger partial charge in [-0.1, -0.05) is 61.5 Å². The number of aliphatic imine (C=N–C) groups is 1. The number of thiazole rings is 1. The zero-order valence-corrected chi connectivity index (χ0v) is 79.9. The van der Waals surface area contributed by atoms with Crippen molar-refractivity contribution in [3.05, 3.63) is 115 Å². The second kappa shape index (κ2) is 26.7. The van der Waals surface area contributed by atoms with Crippen LogP contribution in [-0.2, 0) is 4.74 Å². The largest absolute Gasteiger partial charge is 0.489 e. The third kappa shape index (κ3) is 11.7. The molecule has 4 nitrogen and oxygen atoms in total. The number of thiophene rings is 10. The number of furan rings is 1. The van der Waals surface area contributed by atoms with Crippen LogP contribution in [0.15, 0.2) is 83.7 Å². The summed E-state index contributed by atoms with van der Waals surface area (Å²) in [5.74, 6) is 1.95. The van der Waals surface area contributed by atoms with Crippen molar-refractivity contribution in [1.29, 1.82) is 0 Å². The molecule has 0 amide bonds. The highest BCUT2D eigenvalue weighted by atomic mass is 127. The van der Waals surface area contributed by atoms with E-state index in [1.807, 2.05) is 152 Å². The van der Waals surface area contributed by atoms with E-state index in [-0.39, 0.29) is 11.5 Å². The molecule has 0 aromatic carbocycles. The number of aromatic nitrogens is 1. The number of fused-ring (bicyclic) bond motifs is 9. The Morgan fingerprint density at radius 1 is 0.444 bits per heavy atom. The Balaban J connectivity index is 0.000000108. The van der Waals surface area contributed by atoms with Gasteiger partial charge in [0.1, 0.15) is 22.1 Å². The third-order valence-electron chi connectivity index (χ3n) is 14.7. The molecule has 462 valence electrons. The lowest BCUT2D eigenvalue weighted by Gasteiger charge is -2.09. The van der Waals surface area contributed by atoms with Gasteiger partial charge in [-0.3, -0.25) is 4.99 Å². The number of nitrogens with zero attached hydrogens (tertiary/aromatic N) is 2. The summed E-state index contributed by atoms with van der Waals surface area (Å²) in [5, 5.41) is 4.57. The molecular weight excluding hydrogens is 2420 g/mol. The first-order valence-electron chi connectivity index (χ1n) is 26.2. The van der Waals surface area contributed by atoms with Gasteiger partial charge in [0, 0.05) is 37.6 Å². The first kappa shape index (κ1) is 68.6. The molecule has 0 N–H and O–H groups in total. The summed E-state index contributed by atoms with van der Waals surface area (Å²) in [6.45, 7) is 12.6. The molecule has 12 aromatic rings. The third-order valence-corrected chi connectivity index (χ3v) is 53.3. The van der Waals surface area contributed by atoms with Crippen LogP contribution in [0.1, 0.15) is 51.0 Å². The van der Waals surface area contributed by atoms with Crippen LogP contribution in [0.2, 0.25) is 0 Å². The fourth-order valence-electron chi connectivity index (χ4n) is 10.8. The summed E-state index contributed by atoms with van der Waals surface area (Å²) in [5.41, 5.74) is 0.933. The van der Waals surface area contributed by atoms with Crippen LogP contribution in [0, 0.1) is 31.5 Å². The Hall–Kier alpha value is 4.15. The summed E-state index contributed by atoms with van der Waals surface area (Å²) in [6.07, 6.45) is 4.77. The van der Waals surface area contributed by atoms with Crippen molar-refractivity contribution < 1.29 is 9.15 Å². The molecule has 0 aliphatic carbocycles. The fraction of sp³-hybridized carbons (Fsp3) is 0.207. The normalized spacial score (nSPS) is 21.4. The van der Waals surface area contributed by atoms with Crippen molar-refractivity contribution in [2.24, 2.45) is 4.99 Å². The highest BCUT2D eigenvalue weighted by molar-refractivity contribution is 14.1. The molecule has 6 aliphatic rings. The van der Waals surface area contributed by atoms with Crippen LogP contribution in [0.4, 0.5) is 0 Å². The van der Waals surface area contributed by atoms with Crippen LogP contribution in [-0.4, -0.2) is 42.5 Å². The maximum absolute atomic E-state index is 5.99. The highest BCUT2D eigenvalue weighted by Crippen LogP contribution is 2.65. The molecular formula is C58H28Br8I4N2O2S16. The Kier molecular flexibility index (Phi) is 20.3. The van der Waals surface area contributed by atoms with Crippen molar-refractivity contribution in [1.82, 2.24) is 4.98 Å². The van der Waals surface area contributed by atoms with E-state index < -0.39 is 0 Å². The van der Waals surface area contributed by atoms with Gasteiger partial charge in [-0.2, -0.15) is 0 Å². The Bertz CT molecular complexity index is 4840. The molecule has 0 bridgehead atoms. The second-order valence-corrected chi connectivity index (χ2v) is 49.4. The molecule has 18 heterocycles. The average Bonchev–Trinajstić information content (AvgIpc) is 1.60. The van der Waals surface area contributed by atoms with Crippen molar-refractivity contribution in [3.8, 4) is 29.3 Å². The molecule has 6 aliphatic heterocycles. The van der Waals surface area contributed by atoms with Gasteiger partial charge in [0.05, 0.1) is 160 Å². The second-order valence-electron chi connectivity index (χ2n) is 20.7. The average molecular weight is 2440 g/mol. The summed E-state index contributed by atoms with van der Waals surface area (Å²) < 4.78 is 40.4.